The highest BCUT2D eigenvalue weighted by Crippen LogP contribution is 2.28. The summed E-state index contributed by atoms with van der Waals surface area (Å²) in [6.07, 6.45) is 4.76. The van der Waals surface area contributed by atoms with E-state index in [0.29, 0.717) is 5.69 Å². The van der Waals surface area contributed by atoms with Gasteiger partial charge >= 0.3 is 0 Å². The van der Waals surface area contributed by atoms with Crippen LogP contribution >= 0.6 is 11.3 Å². The molecule has 1 N–H and O–H groups in total. The van der Waals surface area contributed by atoms with Gasteiger partial charge in [-0.15, -0.1) is 11.3 Å². The van der Waals surface area contributed by atoms with Crippen LogP contribution in [0, 0.1) is 0 Å². The summed E-state index contributed by atoms with van der Waals surface area (Å²) in [5.41, 5.74) is 0.567. The molecule has 1 heterocycles. The quantitative estimate of drug-likeness (QED) is 0.392. The number of benzene rings is 2. The molecule has 3 aromatic rings. The van der Waals surface area contributed by atoms with Crippen LogP contribution in [0.1, 0.15) is 37.0 Å². The SMILES string of the molecule is CN(C1CCCCC1)S(=O)(=O)c1ccc(S(=O)(=O)N(CC(=O)Nc2ccccc2)Cc2cccs2)cc1. The number of rotatable bonds is 10. The minimum Gasteiger partial charge on any atom is -0.325 e. The number of nitrogens with zero attached hydrogens (tertiary/aromatic N) is 2. The van der Waals surface area contributed by atoms with Crippen LogP contribution in [0.3, 0.4) is 0 Å². The van der Waals surface area contributed by atoms with E-state index >= 15 is 0 Å². The lowest BCUT2D eigenvalue weighted by Crippen LogP contribution is -2.38. The van der Waals surface area contributed by atoms with Gasteiger partial charge in [0.2, 0.25) is 26.0 Å². The Kier molecular flexibility index (Phi) is 8.81. The molecule has 1 fully saturated rings. The van der Waals surface area contributed by atoms with Crippen molar-refractivity contribution in [2.45, 2.75) is 54.5 Å². The number of hydrogen-bond donors (Lipinski definition) is 1. The van der Waals surface area contributed by atoms with Crippen LogP contribution in [-0.2, 0) is 31.4 Å². The molecule has 1 aliphatic carbocycles. The monoisotopic (exact) mass is 561 g/mol. The third-order valence-corrected chi connectivity index (χ3v) is 11.1. The molecule has 37 heavy (non-hydrogen) atoms. The van der Waals surface area contributed by atoms with Crippen LogP contribution < -0.4 is 5.32 Å². The van der Waals surface area contributed by atoms with Crippen molar-refractivity contribution in [3.05, 3.63) is 77.0 Å². The van der Waals surface area contributed by atoms with Crippen LogP contribution in [0.2, 0.25) is 0 Å². The van der Waals surface area contributed by atoms with Crippen molar-refractivity contribution in [2.75, 3.05) is 18.9 Å². The molecular formula is C26H31N3O5S3. The molecule has 1 amide bonds. The number of nitrogens with one attached hydrogen (secondary N) is 1. The van der Waals surface area contributed by atoms with Crippen LogP contribution in [0.25, 0.3) is 0 Å². The molecule has 0 aliphatic heterocycles. The largest absolute Gasteiger partial charge is 0.325 e. The van der Waals surface area contributed by atoms with Gasteiger partial charge in [0.25, 0.3) is 0 Å². The number of para-hydroxylation sites is 1. The Morgan fingerprint density at radius 2 is 1.49 bits per heavy atom. The maximum atomic E-state index is 13.6. The first-order valence-corrected chi connectivity index (χ1v) is 15.9. The summed E-state index contributed by atoms with van der Waals surface area (Å²) in [5.74, 6) is -0.473. The summed E-state index contributed by atoms with van der Waals surface area (Å²) in [7, 11) is -6.26. The summed E-state index contributed by atoms with van der Waals surface area (Å²) >= 11 is 1.39. The van der Waals surface area contributed by atoms with Crippen molar-refractivity contribution < 1.29 is 21.6 Å². The van der Waals surface area contributed by atoms with Crippen molar-refractivity contribution in [1.82, 2.24) is 8.61 Å². The Morgan fingerprint density at radius 1 is 0.865 bits per heavy atom. The van der Waals surface area contributed by atoms with Crippen molar-refractivity contribution in [1.29, 1.82) is 0 Å². The normalized spacial score (nSPS) is 15.2. The van der Waals surface area contributed by atoms with E-state index in [1.54, 1.807) is 37.4 Å². The molecule has 1 saturated carbocycles. The molecule has 0 unspecified atom stereocenters. The van der Waals surface area contributed by atoms with Crippen molar-refractivity contribution in [3.63, 3.8) is 0 Å². The van der Waals surface area contributed by atoms with E-state index in [9.17, 15) is 21.6 Å². The van der Waals surface area contributed by atoms with E-state index in [1.807, 2.05) is 17.5 Å². The van der Waals surface area contributed by atoms with E-state index in [-0.39, 0.29) is 28.9 Å². The first-order chi connectivity index (χ1) is 17.7. The third kappa shape index (κ3) is 6.66. The maximum Gasteiger partial charge on any atom is 0.243 e. The molecule has 0 atom stereocenters. The Hall–Kier alpha value is -2.57. The first-order valence-electron chi connectivity index (χ1n) is 12.1. The third-order valence-electron chi connectivity index (χ3n) is 6.52. The molecule has 198 valence electrons. The second kappa shape index (κ2) is 11.9. The molecule has 4 rings (SSSR count). The van der Waals surface area contributed by atoms with Crippen LogP contribution in [-0.4, -0.2) is 51.0 Å². The topological polar surface area (TPSA) is 104 Å². The highest BCUT2D eigenvalue weighted by molar-refractivity contribution is 7.89. The first kappa shape index (κ1) is 27.5. The van der Waals surface area contributed by atoms with Crippen molar-refractivity contribution in [2.24, 2.45) is 0 Å². The van der Waals surface area contributed by atoms with E-state index in [2.05, 4.69) is 5.32 Å². The van der Waals surface area contributed by atoms with Crippen molar-refractivity contribution >= 4 is 43.0 Å². The molecule has 1 aromatic heterocycles. The predicted molar refractivity (Wildman–Crippen MR) is 145 cm³/mol. The molecule has 0 radical (unpaired) electrons. The van der Waals surface area contributed by atoms with Gasteiger partial charge in [0.05, 0.1) is 16.3 Å². The lowest BCUT2D eigenvalue weighted by molar-refractivity contribution is -0.116. The number of thiophene rings is 1. The van der Waals surface area contributed by atoms with Gasteiger partial charge in [-0.1, -0.05) is 43.5 Å². The molecule has 2 aromatic carbocycles. The number of hydrogen-bond acceptors (Lipinski definition) is 6. The van der Waals surface area contributed by atoms with Gasteiger partial charge < -0.3 is 5.32 Å². The molecule has 11 heteroatoms. The fourth-order valence-corrected chi connectivity index (χ4v) is 8.02. The zero-order valence-corrected chi connectivity index (χ0v) is 23.1. The second-order valence-electron chi connectivity index (χ2n) is 9.05. The van der Waals surface area contributed by atoms with Gasteiger partial charge in [0.15, 0.2) is 0 Å². The Balaban J connectivity index is 1.55. The van der Waals surface area contributed by atoms with Gasteiger partial charge in [-0.05, 0) is 60.7 Å². The van der Waals surface area contributed by atoms with Crippen molar-refractivity contribution in [3.8, 4) is 0 Å². The fourth-order valence-electron chi connectivity index (χ4n) is 4.42. The van der Waals surface area contributed by atoms with E-state index in [0.717, 1.165) is 41.3 Å². The molecule has 0 saturated heterocycles. The predicted octanol–water partition coefficient (Wildman–Crippen LogP) is 4.53. The molecule has 0 spiro atoms. The lowest BCUT2D eigenvalue weighted by Gasteiger charge is -2.30. The molecule has 8 nitrogen and oxygen atoms in total. The van der Waals surface area contributed by atoms with E-state index in [4.69, 9.17) is 0 Å². The van der Waals surface area contributed by atoms with Gasteiger partial charge in [0, 0.05) is 30.2 Å². The summed E-state index contributed by atoms with van der Waals surface area (Å²) in [4.78, 5) is 13.5. The zero-order chi connectivity index (χ0) is 26.5. The van der Waals surface area contributed by atoms with Gasteiger partial charge in [-0.2, -0.15) is 8.61 Å². The number of carbonyl (C=O) groups excluding carboxylic acids is 1. The average Bonchev–Trinajstić information content (AvgIpc) is 3.42. The summed E-state index contributed by atoms with van der Waals surface area (Å²) in [6.45, 7) is -0.369. The lowest BCUT2D eigenvalue weighted by atomic mass is 9.96. The molecular weight excluding hydrogens is 531 g/mol. The minimum atomic E-state index is -4.10. The highest BCUT2D eigenvalue weighted by Gasteiger charge is 2.31. The molecule has 0 bridgehead atoms. The standard InChI is InChI=1S/C26H31N3O5S3/c1-28(22-11-6-3-7-12-22)36(31,32)24-14-16-25(17-15-24)37(33,34)29(19-23-13-8-18-35-23)20-26(30)27-21-9-4-2-5-10-21/h2,4-5,8-10,13-18,22H,3,6-7,11-12,19-20H2,1H3,(H,27,30). The van der Waals surface area contributed by atoms with Gasteiger partial charge in [0.1, 0.15) is 0 Å². The van der Waals surface area contributed by atoms with Crippen LogP contribution in [0.5, 0.6) is 0 Å². The van der Waals surface area contributed by atoms with Gasteiger partial charge in [-0.25, -0.2) is 16.8 Å². The fraction of sp³-hybridized carbons (Fsp3) is 0.346. The minimum absolute atomic E-state index is 0.0205. The smallest absolute Gasteiger partial charge is 0.243 e. The number of sulfonamides is 2. The Bertz CT molecular complexity index is 1390. The number of carbonyl (C=O) groups is 1. The van der Waals surface area contributed by atoms with E-state index in [1.165, 1.54) is 39.9 Å². The van der Waals surface area contributed by atoms with E-state index < -0.39 is 26.0 Å². The summed E-state index contributed by atoms with van der Waals surface area (Å²) < 4.78 is 56.0. The van der Waals surface area contributed by atoms with Crippen LogP contribution in [0.15, 0.2) is 81.9 Å². The highest BCUT2D eigenvalue weighted by atomic mass is 32.2. The Labute approximate surface area is 223 Å². The number of amides is 1. The molecule has 1 aliphatic rings. The maximum absolute atomic E-state index is 13.6. The van der Waals surface area contributed by atoms with Gasteiger partial charge in [-0.3, -0.25) is 4.79 Å². The Morgan fingerprint density at radius 3 is 2.08 bits per heavy atom. The summed E-state index contributed by atoms with van der Waals surface area (Å²) in [5, 5.41) is 4.56. The average molecular weight is 562 g/mol. The summed E-state index contributed by atoms with van der Waals surface area (Å²) in [6, 6.07) is 17.6. The second-order valence-corrected chi connectivity index (χ2v) is 14.0. The number of anilines is 1. The van der Waals surface area contributed by atoms with Crippen LogP contribution in [0.4, 0.5) is 5.69 Å². The zero-order valence-electron chi connectivity index (χ0n) is 20.6.